The molecule has 0 saturated heterocycles. The predicted octanol–water partition coefficient (Wildman–Crippen LogP) is 0.762. The lowest BCUT2D eigenvalue weighted by Crippen LogP contribution is -2.43. The van der Waals surface area contributed by atoms with Crippen LogP contribution in [0.5, 0.6) is 0 Å². The zero-order valence-corrected chi connectivity index (χ0v) is 14.6. The maximum atomic E-state index is 12.7. The summed E-state index contributed by atoms with van der Waals surface area (Å²) in [5.74, 6) is -1.70. The number of rotatable bonds is 5. The molecule has 0 spiro atoms. The minimum atomic E-state index is -3.36. The van der Waals surface area contributed by atoms with Crippen LogP contribution in [0.4, 0.5) is 5.69 Å². The van der Waals surface area contributed by atoms with E-state index in [9.17, 15) is 18.0 Å². The van der Waals surface area contributed by atoms with Crippen molar-refractivity contribution < 1.29 is 32.2 Å². The van der Waals surface area contributed by atoms with Gasteiger partial charge in [0.1, 0.15) is 19.5 Å². The van der Waals surface area contributed by atoms with E-state index >= 15 is 0 Å². The third-order valence-electron chi connectivity index (χ3n) is 3.72. The monoisotopic (exact) mass is 379 g/mol. The highest BCUT2D eigenvalue weighted by Gasteiger charge is 2.32. The molecule has 1 atom stereocenters. The second kappa shape index (κ2) is 7.61. The van der Waals surface area contributed by atoms with Crippen LogP contribution in [0.15, 0.2) is 53.8 Å². The number of para-hydroxylation sites is 1. The Hall–Kier alpha value is -2.81. The van der Waals surface area contributed by atoms with Gasteiger partial charge in [0.25, 0.3) is 5.91 Å². The van der Waals surface area contributed by atoms with E-state index in [2.05, 4.69) is 0 Å². The SMILES string of the molecule is O=C(OCC(=O)N(c1ccccc1)[C@H]1C=CS(=O)(=O)C1)C1=COCCO1. The molecule has 0 unspecified atom stereocenters. The Morgan fingerprint density at radius 2 is 1.96 bits per heavy atom. The third kappa shape index (κ3) is 4.23. The molecule has 0 bridgehead atoms. The van der Waals surface area contributed by atoms with Crippen molar-refractivity contribution in [2.75, 3.05) is 30.5 Å². The second-order valence-electron chi connectivity index (χ2n) is 5.60. The fourth-order valence-electron chi connectivity index (χ4n) is 2.57. The Morgan fingerprint density at radius 1 is 1.19 bits per heavy atom. The molecule has 2 aliphatic rings. The lowest BCUT2D eigenvalue weighted by atomic mass is 10.2. The van der Waals surface area contributed by atoms with Crippen LogP contribution in [0, 0.1) is 0 Å². The molecule has 2 aliphatic heterocycles. The van der Waals surface area contributed by atoms with Gasteiger partial charge in [-0.1, -0.05) is 18.2 Å². The van der Waals surface area contributed by atoms with Crippen LogP contribution in [-0.2, 0) is 33.6 Å². The summed E-state index contributed by atoms with van der Waals surface area (Å²) < 4.78 is 38.5. The standard InChI is InChI=1S/C17H17NO7S/c19-16(11-25-17(20)15-10-23-7-8-24-15)18(13-4-2-1-3-5-13)14-6-9-26(21,22)12-14/h1-6,9-10,14H,7-8,11-12H2/t14-/m0/s1. The molecule has 1 aromatic carbocycles. The van der Waals surface area contributed by atoms with Crippen LogP contribution in [-0.4, -0.2) is 51.9 Å². The second-order valence-corrected chi connectivity index (χ2v) is 7.53. The van der Waals surface area contributed by atoms with Crippen molar-refractivity contribution in [2.45, 2.75) is 6.04 Å². The van der Waals surface area contributed by atoms with Gasteiger partial charge in [-0.2, -0.15) is 0 Å². The highest BCUT2D eigenvalue weighted by Crippen LogP contribution is 2.23. The Bertz CT molecular complexity index is 845. The average molecular weight is 379 g/mol. The molecule has 2 heterocycles. The number of sulfone groups is 1. The number of benzene rings is 1. The number of hydrogen-bond acceptors (Lipinski definition) is 7. The molecule has 26 heavy (non-hydrogen) atoms. The van der Waals surface area contributed by atoms with Crippen molar-refractivity contribution >= 4 is 27.4 Å². The Kier molecular flexibility index (Phi) is 5.27. The molecule has 0 aliphatic carbocycles. The molecule has 0 radical (unpaired) electrons. The largest absolute Gasteiger partial charge is 0.493 e. The molecule has 3 rings (SSSR count). The molecule has 8 nitrogen and oxygen atoms in total. The number of carbonyl (C=O) groups excluding carboxylic acids is 2. The Labute approximate surface area is 150 Å². The van der Waals surface area contributed by atoms with Gasteiger partial charge in [0, 0.05) is 11.1 Å². The number of hydrogen-bond donors (Lipinski definition) is 0. The fraction of sp³-hybridized carbons (Fsp3) is 0.294. The first-order valence-corrected chi connectivity index (χ1v) is 9.57. The van der Waals surface area contributed by atoms with Gasteiger partial charge in [-0.3, -0.25) is 4.79 Å². The molecule has 9 heteroatoms. The summed E-state index contributed by atoms with van der Waals surface area (Å²) >= 11 is 0. The van der Waals surface area contributed by atoms with E-state index in [1.165, 1.54) is 11.0 Å². The van der Waals surface area contributed by atoms with E-state index in [4.69, 9.17) is 14.2 Å². The first kappa shape index (κ1) is 18.0. The number of nitrogens with zero attached hydrogens (tertiary/aromatic N) is 1. The maximum absolute atomic E-state index is 12.7. The van der Waals surface area contributed by atoms with Crippen molar-refractivity contribution in [2.24, 2.45) is 0 Å². The first-order valence-electron chi connectivity index (χ1n) is 7.86. The van der Waals surface area contributed by atoms with Crippen LogP contribution in [0.25, 0.3) is 0 Å². The van der Waals surface area contributed by atoms with Gasteiger partial charge in [0.15, 0.2) is 16.4 Å². The summed E-state index contributed by atoms with van der Waals surface area (Å²) in [5.41, 5.74) is 0.511. The molecule has 0 saturated carbocycles. The van der Waals surface area contributed by atoms with Gasteiger partial charge in [-0.15, -0.1) is 0 Å². The highest BCUT2D eigenvalue weighted by atomic mass is 32.2. The zero-order chi connectivity index (χ0) is 18.6. The summed E-state index contributed by atoms with van der Waals surface area (Å²) in [4.78, 5) is 25.9. The predicted molar refractivity (Wildman–Crippen MR) is 91.6 cm³/mol. The van der Waals surface area contributed by atoms with Crippen LogP contribution in [0.2, 0.25) is 0 Å². The van der Waals surface area contributed by atoms with Gasteiger partial charge in [0.05, 0.1) is 11.8 Å². The zero-order valence-electron chi connectivity index (χ0n) is 13.7. The maximum Gasteiger partial charge on any atom is 0.377 e. The van der Waals surface area contributed by atoms with E-state index in [1.54, 1.807) is 30.3 Å². The summed E-state index contributed by atoms with van der Waals surface area (Å²) in [6.45, 7) is -0.00541. The van der Waals surface area contributed by atoms with Gasteiger partial charge in [0.2, 0.25) is 5.76 Å². The van der Waals surface area contributed by atoms with E-state index in [-0.39, 0.29) is 18.1 Å². The van der Waals surface area contributed by atoms with Crippen molar-refractivity contribution in [3.63, 3.8) is 0 Å². The first-order chi connectivity index (χ1) is 12.5. The van der Waals surface area contributed by atoms with Crippen molar-refractivity contribution in [1.29, 1.82) is 0 Å². The molecular weight excluding hydrogens is 362 g/mol. The number of amides is 1. The average Bonchev–Trinajstić information content (AvgIpc) is 3.01. The van der Waals surface area contributed by atoms with E-state index in [0.29, 0.717) is 12.3 Å². The van der Waals surface area contributed by atoms with E-state index < -0.39 is 34.4 Å². The summed E-state index contributed by atoms with van der Waals surface area (Å²) in [6.07, 6.45) is 2.58. The quantitative estimate of drug-likeness (QED) is 0.697. The smallest absolute Gasteiger partial charge is 0.377 e. The third-order valence-corrected chi connectivity index (χ3v) is 5.10. The van der Waals surface area contributed by atoms with Crippen molar-refractivity contribution in [1.82, 2.24) is 0 Å². The van der Waals surface area contributed by atoms with Crippen LogP contribution in [0.3, 0.4) is 0 Å². The van der Waals surface area contributed by atoms with E-state index in [1.807, 2.05) is 0 Å². The molecule has 1 aromatic rings. The van der Waals surface area contributed by atoms with Crippen LogP contribution in [0.1, 0.15) is 0 Å². The minimum absolute atomic E-state index is 0.112. The molecular formula is C17H17NO7S. The molecule has 0 fully saturated rings. The number of carbonyl (C=O) groups is 2. The van der Waals surface area contributed by atoms with Crippen LogP contribution < -0.4 is 4.90 Å². The normalized spacial score (nSPS) is 20.5. The van der Waals surface area contributed by atoms with Gasteiger partial charge >= 0.3 is 5.97 Å². The molecule has 0 N–H and O–H groups in total. The van der Waals surface area contributed by atoms with Crippen LogP contribution >= 0.6 is 0 Å². The minimum Gasteiger partial charge on any atom is -0.493 e. The van der Waals surface area contributed by atoms with Crippen molar-refractivity contribution in [3.8, 4) is 0 Å². The fourth-order valence-corrected chi connectivity index (χ4v) is 3.84. The summed E-state index contributed by atoms with van der Waals surface area (Å²) in [7, 11) is -3.36. The van der Waals surface area contributed by atoms with E-state index in [0.717, 1.165) is 11.7 Å². The lowest BCUT2D eigenvalue weighted by molar-refractivity contribution is -0.148. The van der Waals surface area contributed by atoms with Gasteiger partial charge < -0.3 is 19.1 Å². The van der Waals surface area contributed by atoms with Gasteiger partial charge in [-0.05, 0) is 18.2 Å². The number of esters is 1. The Morgan fingerprint density at radius 3 is 2.58 bits per heavy atom. The lowest BCUT2D eigenvalue weighted by Gasteiger charge is -2.27. The number of anilines is 1. The molecule has 0 aromatic heterocycles. The van der Waals surface area contributed by atoms with Crippen molar-refractivity contribution in [3.05, 3.63) is 53.8 Å². The molecule has 1 amide bonds. The number of ether oxygens (including phenoxy) is 3. The summed E-state index contributed by atoms with van der Waals surface area (Å²) in [6, 6.07) is 7.93. The molecule has 138 valence electrons. The van der Waals surface area contributed by atoms with Gasteiger partial charge in [-0.25, -0.2) is 13.2 Å². The summed E-state index contributed by atoms with van der Waals surface area (Å²) in [5, 5.41) is 1.09. The topological polar surface area (TPSA) is 99.2 Å². The Balaban J connectivity index is 1.72. The highest BCUT2D eigenvalue weighted by molar-refractivity contribution is 7.94.